The Hall–Kier alpha value is -4.65. The van der Waals surface area contributed by atoms with E-state index < -0.39 is 6.09 Å². The Morgan fingerprint density at radius 2 is 1.46 bits per heavy atom. The maximum absolute atomic E-state index is 12.5. The Morgan fingerprint density at radius 3 is 2.08 bits per heavy atom. The van der Waals surface area contributed by atoms with Gasteiger partial charge in [-0.2, -0.15) is 0 Å². The zero-order valence-electron chi connectivity index (χ0n) is 20.6. The second kappa shape index (κ2) is 10.5. The summed E-state index contributed by atoms with van der Waals surface area (Å²) in [5.74, 6) is 1.39. The minimum Gasteiger partial charge on any atom is -0.508 e. The fraction of sp³-hybridized carbons (Fsp3) is 0.167. The van der Waals surface area contributed by atoms with E-state index in [9.17, 15) is 9.90 Å². The quantitative estimate of drug-likeness (QED) is 0.295. The van der Waals surface area contributed by atoms with Crippen molar-refractivity contribution in [3.8, 4) is 34.1 Å². The molecule has 188 valence electrons. The van der Waals surface area contributed by atoms with E-state index in [0.29, 0.717) is 29.5 Å². The molecule has 4 aromatic carbocycles. The van der Waals surface area contributed by atoms with E-state index in [2.05, 4.69) is 29.6 Å². The van der Waals surface area contributed by atoms with Crippen molar-refractivity contribution in [1.29, 1.82) is 0 Å². The average Bonchev–Trinajstić information content (AvgIpc) is 3.25. The highest BCUT2D eigenvalue weighted by Crippen LogP contribution is 2.47. The highest BCUT2D eigenvalue weighted by molar-refractivity contribution is 5.88. The van der Waals surface area contributed by atoms with E-state index in [1.807, 2.05) is 24.3 Å². The molecule has 7 nitrogen and oxygen atoms in total. The highest BCUT2D eigenvalue weighted by Gasteiger charge is 2.29. The summed E-state index contributed by atoms with van der Waals surface area (Å²) in [5.41, 5.74) is 5.95. The molecule has 0 unspecified atom stereocenters. The number of methoxy groups -OCH3 is 2. The molecule has 7 heteroatoms. The van der Waals surface area contributed by atoms with E-state index in [1.54, 1.807) is 31.4 Å². The molecule has 1 amide bonds. The molecule has 0 atom stereocenters. The minimum atomic E-state index is -0.652. The van der Waals surface area contributed by atoms with Crippen molar-refractivity contribution >= 4 is 11.8 Å². The molecule has 1 aliphatic carbocycles. The van der Waals surface area contributed by atoms with Crippen LogP contribution in [0.5, 0.6) is 23.0 Å². The molecule has 5 rings (SSSR count). The number of phenolic OH excluding ortho intramolecular Hbond substituents is 1. The van der Waals surface area contributed by atoms with Gasteiger partial charge in [0.05, 0.1) is 26.5 Å². The van der Waals surface area contributed by atoms with Gasteiger partial charge in [-0.1, -0.05) is 60.7 Å². The van der Waals surface area contributed by atoms with E-state index in [0.717, 1.165) is 5.56 Å². The first-order chi connectivity index (χ1) is 18.1. The third kappa shape index (κ3) is 4.89. The fourth-order valence-electron chi connectivity index (χ4n) is 4.64. The van der Waals surface area contributed by atoms with E-state index >= 15 is 0 Å². The smallest absolute Gasteiger partial charge is 0.412 e. The van der Waals surface area contributed by atoms with Crippen molar-refractivity contribution in [2.24, 2.45) is 0 Å². The largest absolute Gasteiger partial charge is 0.508 e. The molecule has 0 radical (unpaired) electrons. The maximum Gasteiger partial charge on any atom is 0.412 e. The summed E-state index contributed by atoms with van der Waals surface area (Å²) in [5, 5.41) is 12.1. The first-order valence-electron chi connectivity index (χ1n) is 11.9. The summed E-state index contributed by atoms with van der Waals surface area (Å²) in [4.78, 5) is 12.5. The predicted molar refractivity (Wildman–Crippen MR) is 141 cm³/mol. The Bertz CT molecular complexity index is 1370. The van der Waals surface area contributed by atoms with Crippen LogP contribution in [0.1, 0.15) is 22.6 Å². The molecule has 0 bridgehead atoms. The number of fused-ring (bicyclic) bond motifs is 3. The number of anilines is 1. The number of nitrogens with one attached hydrogen (secondary N) is 1. The van der Waals surface area contributed by atoms with Crippen LogP contribution in [0.25, 0.3) is 11.1 Å². The van der Waals surface area contributed by atoms with Crippen molar-refractivity contribution in [3.05, 3.63) is 102 Å². The van der Waals surface area contributed by atoms with E-state index in [1.165, 1.54) is 41.5 Å². The number of rotatable bonds is 8. The van der Waals surface area contributed by atoms with Crippen LogP contribution in [-0.2, 0) is 11.3 Å². The second-order valence-electron chi connectivity index (χ2n) is 8.58. The van der Waals surface area contributed by atoms with Crippen LogP contribution in [0.3, 0.4) is 0 Å². The van der Waals surface area contributed by atoms with Crippen molar-refractivity contribution in [3.63, 3.8) is 0 Å². The molecule has 0 aliphatic heterocycles. The SMILES string of the molecule is COc1ccc(NC(=O)OCc2ccc(O)cc2)c(OC)c1OCC1c2ccccc2-c2ccccc21. The molecule has 2 N–H and O–H groups in total. The van der Waals surface area contributed by atoms with Crippen LogP contribution < -0.4 is 19.5 Å². The number of aromatic hydroxyl groups is 1. The van der Waals surface area contributed by atoms with Crippen molar-refractivity contribution in [1.82, 2.24) is 0 Å². The standard InChI is InChI=1S/C30H27NO6/c1-34-27-16-15-26(31-30(33)37-17-19-11-13-20(32)14-12-19)28(35-2)29(27)36-18-25-23-9-5-3-7-21(23)22-8-4-6-10-24(22)25/h3-16,25,32H,17-18H2,1-2H3,(H,31,33). The van der Waals surface area contributed by atoms with Gasteiger partial charge in [0.25, 0.3) is 0 Å². The van der Waals surface area contributed by atoms with Gasteiger partial charge in [-0.3, -0.25) is 5.32 Å². The molecule has 0 saturated heterocycles. The normalized spacial score (nSPS) is 11.8. The third-order valence-electron chi connectivity index (χ3n) is 6.40. The number of benzene rings is 4. The summed E-state index contributed by atoms with van der Waals surface area (Å²) in [6.45, 7) is 0.407. The lowest BCUT2D eigenvalue weighted by Crippen LogP contribution is -2.15. The third-order valence-corrected chi connectivity index (χ3v) is 6.40. The summed E-state index contributed by atoms with van der Waals surface area (Å²) in [6, 6.07) is 26.5. The van der Waals surface area contributed by atoms with Gasteiger partial charge in [0.1, 0.15) is 12.4 Å². The van der Waals surface area contributed by atoms with Gasteiger partial charge < -0.3 is 24.1 Å². The molecular formula is C30H27NO6. The first kappa shape index (κ1) is 24.1. The molecule has 37 heavy (non-hydrogen) atoms. The van der Waals surface area contributed by atoms with Crippen LogP contribution in [0.15, 0.2) is 84.9 Å². The van der Waals surface area contributed by atoms with E-state index in [4.69, 9.17) is 18.9 Å². The minimum absolute atomic E-state index is 0.0358. The predicted octanol–water partition coefficient (Wildman–Crippen LogP) is 6.35. The highest BCUT2D eigenvalue weighted by atomic mass is 16.6. The molecule has 0 saturated carbocycles. The molecule has 0 spiro atoms. The molecule has 0 fully saturated rings. The number of carbonyl (C=O) groups is 1. The van der Waals surface area contributed by atoms with Crippen LogP contribution in [0.2, 0.25) is 0 Å². The number of ether oxygens (including phenoxy) is 4. The molecular weight excluding hydrogens is 470 g/mol. The van der Waals surface area contributed by atoms with Crippen LogP contribution in [0, 0.1) is 0 Å². The Labute approximate surface area is 215 Å². The lowest BCUT2D eigenvalue weighted by atomic mass is 9.98. The summed E-state index contributed by atoms with van der Waals surface area (Å²) in [6.07, 6.45) is -0.652. The topological polar surface area (TPSA) is 86.3 Å². The van der Waals surface area contributed by atoms with Gasteiger partial charge in [0.15, 0.2) is 11.5 Å². The lowest BCUT2D eigenvalue weighted by Gasteiger charge is -2.20. The first-order valence-corrected chi connectivity index (χ1v) is 11.9. The van der Waals surface area contributed by atoms with Crippen molar-refractivity contribution < 1.29 is 28.8 Å². The van der Waals surface area contributed by atoms with Crippen molar-refractivity contribution in [2.45, 2.75) is 12.5 Å². The van der Waals surface area contributed by atoms with Gasteiger partial charge in [-0.25, -0.2) is 4.79 Å². The average molecular weight is 498 g/mol. The summed E-state index contributed by atoms with van der Waals surface area (Å²) < 4.78 is 22.9. The van der Waals surface area contributed by atoms with Gasteiger partial charge in [0, 0.05) is 5.92 Å². The van der Waals surface area contributed by atoms with Crippen LogP contribution in [-0.4, -0.2) is 32.0 Å². The monoisotopic (exact) mass is 497 g/mol. The molecule has 0 aromatic heterocycles. The zero-order valence-corrected chi connectivity index (χ0v) is 20.6. The summed E-state index contributed by atoms with van der Waals surface area (Å²) in [7, 11) is 3.07. The Kier molecular flexibility index (Phi) is 6.85. The van der Waals surface area contributed by atoms with Gasteiger partial charge in [0.2, 0.25) is 5.75 Å². The molecule has 1 aliphatic rings. The number of carbonyl (C=O) groups excluding carboxylic acids is 1. The number of phenols is 1. The zero-order chi connectivity index (χ0) is 25.8. The maximum atomic E-state index is 12.5. The Balaban J connectivity index is 1.35. The number of hydrogen-bond acceptors (Lipinski definition) is 6. The molecule has 0 heterocycles. The Morgan fingerprint density at radius 1 is 0.811 bits per heavy atom. The van der Waals surface area contributed by atoms with Gasteiger partial charge >= 0.3 is 6.09 Å². The van der Waals surface area contributed by atoms with Gasteiger partial charge in [-0.05, 0) is 52.1 Å². The molecule has 4 aromatic rings. The second-order valence-corrected chi connectivity index (χ2v) is 8.58. The fourth-order valence-corrected chi connectivity index (χ4v) is 4.64. The lowest BCUT2D eigenvalue weighted by molar-refractivity contribution is 0.155. The van der Waals surface area contributed by atoms with Crippen molar-refractivity contribution in [2.75, 3.05) is 26.1 Å². The summed E-state index contributed by atoms with van der Waals surface area (Å²) >= 11 is 0. The van der Waals surface area contributed by atoms with Crippen LogP contribution in [0.4, 0.5) is 10.5 Å². The van der Waals surface area contributed by atoms with Gasteiger partial charge in [-0.15, -0.1) is 0 Å². The number of amides is 1. The van der Waals surface area contributed by atoms with E-state index in [-0.39, 0.29) is 18.3 Å². The number of hydrogen-bond donors (Lipinski definition) is 2. The van der Waals surface area contributed by atoms with Crippen LogP contribution >= 0.6 is 0 Å².